The van der Waals surface area contributed by atoms with Crippen LogP contribution in [0.5, 0.6) is 0 Å². The number of thiophene rings is 1. The highest BCUT2D eigenvalue weighted by molar-refractivity contribution is 7.13. The van der Waals surface area contributed by atoms with Gasteiger partial charge in [-0.25, -0.2) is 9.78 Å². The van der Waals surface area contributed by atoms with Gasteiger partial charge in [0, 0.05) is 18.5 Å². The summed E-state index contributed by atoms with van der Waals surface area (Å²) < 4.78 is 8.76. The molecule has 0 fully saturated rings. The van der Waals surface area contributed by atoms with Crippen LogP contribution in [-0.4, -0.2) is 25.1 Å². The molecule has 1 aromatic carbocycles. The monoisotopic (exact) mass is 456 g/mol. The first-order chi connectivity index (χ1) is 16.1. The molecule has 4 heterocycles. The second kappa shape index (κ2) is 8.84. The summed E-state index contributed by atoms with van der Waals surface area (Å²) in [4.78, 5) is 30.8. The van der Waals surface area contributed by atoms with Gasteiger partial charge in [0.15, 0.2) is 0 Å². The highest BCUT2D eigenvalue weighted by atomic mass is 32.1. The van der Waals surface area contributed by atoms with E-state index >= 15 is 0 Å². The molecule has 5 rings (SSSR count). The van der Waals surface area contributed by atoms with E-state index in [1.165, 1.54) is 21.8 Å². The van der Waals surface area contributed by atoms with Crippen molar-refractivity contribution < 1.29 is 9.53 Å². The summed E-state index contributed by atoms with van der Waals surface area (Å²) in [6, 6.07) is 18.8. The van der Waals surface area contributed by atoms with Gasteiger partial charge in [-0.3, -0.25) is 13.9 Å². The summed E-state index contributed by atoms with van der Waals surface area (Å²) in [6.07, 6.45) is 3.44. The van der Waals surface area contributed by atoms with E-state index in [0.29, 0.717) is 29.1 Å². The van der Waals surface area contributed by atoms with E-state index in [9.17, 15) is 9.59 Å². The number of rotatable bonds is 6. The van der Waals surface area contributed by atoms with Crippen LogP contribution in [0.25, 0.3) is 16.2 Å². The van der Waals surface area contributed by atoms with Gasteiger partial charge in [-0.05, 0) is 35.6 Å². The molecule has 0 aliphatic rings. The fourth-order valence-corrected chi connectivity index (χ4v) is 4.29. The number of esters is 1. The van der Waals surface area contributed by atoms with Crippen LogP contribution in [0.15, 0.2) is 83.2 Å². The molecule has 33 heavy (non-hydrogen) atoms. The van der Waals surface area contributed by atoms with E-state index in [-0.39, 0.29) is 12.2 Å². The third kappa shape index (κ3) is 4.47. The topological polar surface area (TPSA) is 78.5 Å². The Hall–Kier alpha value is -4.04. The predicted octanol–water partition coefficient (Wildman–Crippen LogP) is 4.33. The highest BCUT2D eigenvalue weighted by Gasteiger charge is 2.20. The van der Waals surface area contributed by atoms with Crippen LogP contribution in [0.3, 0.4) is 0 Å². The number of hydrogen-bond donors (Lipinski definition) is 0. The van der Waals surface area contributed by atoms with Gasteiger partial charge in [-0.15, -0.1) is 11.3 Å². The summed E-state index contributed by atoms with van der Waals surface area (Å²) in [5.74, 6) is -0.511. The predicted molar refractivity (Wildman–Crippen MR) is 126 cm³/mol. The summed E-state index contributed by atoms with van der Waals surface area (Å²) in [5.41, 5.74) is 3.67. The Balaban J connectivity index is 1.40. The van der Waals surface area contributed by atoms with Gasteiger partial charge in [0.1, 0.15) is 23.5 Å². The van der Waals surface area contributed by atoms with E-state index in [2.05, 4.69) is 10.1 Å². The molecule has 0 spiro atoms. The zero-order chi connectivity index (χ0) is 22.8. The van der Waals surface area contributed by atoms with Crippen molar-refractivity contribution in [3.8, 4) is 10.6 Å². The summed E-state index contributed by atoms with van der Waals surface area (Å²) in [7, 11) is 0. The first kappa shape index (κ1) is 20.8. The third-order valence-corrected chi connectivity index (χ3v) is 6.01. The van der Waals surface area contributed by atoms with Crippen LogP contribution in [-0.2, 0) is 17.9 Å². The number of hydrogen-bond acceptors (Lipinski definition) is 6. The van der Waals surface area contributed by atoms with Gasteiger partial charge in [-0.2, -0.15) is 5.10 Å². The normalized spacial score (nSPS) is 11.1. The number of aromatic nitrogens is 4. The Kier molecular flexibility index (Phi) is 5.58. The average molecular weight is 457 g/mol. The molecular formula is C25H20N4O3S. The average Bonchev–Trinajstić information content (AvgIpc) is 3.49. The van der Waals surface area contributed by atoms with E-state index < -0.39 is 5.97 Å². The fraction of sp³-hybridized carbons (Fsp3) is 0.120. The Labute approximate surface area is 193 Å². The lowest BCUT2D eigenvalue weighted by molar-refractivity contribution is 0.0468. The largest absolute Gasteiger partial charge is 0.455 e. The van der Waals surface area contributed by atoms with Gasteiger partial charge >= 0.3 is 5.97 Å². The Bertz CT molecular complexity index is 1490. The smallest absolute Gasteiger partial charge is 0.342 e. The van der Waals surface area contributed by atoms with Crippen LogP contribution < -0.4 is 5.56 Å². The highest BCUT2D eigenvalue weighted by Crippen LogP contribution is 2.27. The minimum atomic E-state index is -0.511. The molecule has 0 radical (unpaired) electrons. The van der Waals surface area contributed by atoms with Gasteiger partial charge < -0.3 is 4.74 Å². The number of carbonyl (C=O) groups excluding carboxylic acids is 1. The van der Waals surface area contributed by atoms with Crippen molar-refractivity contribution in [3.05, 3.63) is 111 Å². The molecule has 0 amide bonds. The van der Waals surface area contributed by atoms with E-state index in [1.807, 2.05) is 60.8 Å². The number of pyridine rings is 1. The number of nitrogens with zero attached hydrogens (tertiary/aromatic N) is 4. The molecule has 5 aromatic rings. The Morgan fingerprint density at radius 1 is 1.06 bits per heavy atom. The maximum Gasteiger partial charge on any atom is 0.342 e. The van der Waals surface area contributed by atoms with Crippen LogP contribution >= 0.6 is 11.3 Å². The molecule has 0 aliphatic heterocycles. The van der Waals surface area contributed by atoms with Gasteiger partial charge in [-0.1, -0.05) is 42.5 Å². The number of aryl methyl sites for hydroxylation is 1. The minimum Gasteiger partial charge on any atom is -0.455 e. The van der Waals surface area contributed by atoms with Crippen LogP contribution in [0, 0.1) is 6.92 Å². The second-order valence-electron chi connectivity index (χ2n) is 7.65. The summed E-state index contributed by atoms with van der Waals surface area (Å²) in [5, 5.41) is 6.58. The Morgan fingerprint density at radius 3 is 2.70 bits per heavy atom. The molecule has 8 heteroatoms. The number of fused-ring (bicyclic) bond motifs is 1. The minimum absolute atomic E-state index is 0.105. The lowest BCUT2D eigenvalue weighted by atomic mass is 10.2. The lowest BCUT2D eigenvalue weighted by Gasteiger charge is -2.06. The second-order valence-corrected chi connectivity index (χ2v) is 8.60. The molecule has 0 saturated carbocycles. The molecule has 4 aromatic heterocycles. The zero-order valence-electron chi connectivity index (χ0n) is 17.8. The summed E-state index contributed by atoms with van der Waals surface area (Å²) >= 11 is 1.51. The van der Waals surface area contributed by atoms with Crippen molar-refractivity contribution in [1.29, 1.82) is 0 Å². The molecule has 7 nitrogen and oxygen atoms in total. The van der Waals surface area contributed by atoms with Gasteiger partial charge in [0.05, 0.1) is 17.1 Å². The fourth-order valence-electron chi connectivity index (χ4n) is 3.57. The van der Waals surface area contributed by atoms with Crippen LogP contribution in [0.4, 0.5) is 0 Å². The van der Waals surface area contributed by atoms with Crippen LogP contribution in [0.1, 0.15) is 27.2 Å². The molecule has 0 unspecified atom stereocenters. The maximum atomic E-state index is 13.0. The quantitative estimate of drug-likeness (QED) is 0.355. The number of ether oxygens (including phenoxy) is 1. The zero-order valence-corrected chi connectivity index (χ0v) is 18.7. The third-order valence-electron chi connectivity index (χ3n) is 5.14. The molecule has 164 valence electrons. The molecule has 0 aliphatic carbocycles. The van der Waals surface area contributed by atoms with Crippen molar-refractivity contribution in [2.45, 2.75) is 20.1 Å². The van der Waals surface area contributed by atoms with Crippen molar-refractivity contribution in [2.75, 3.05) is 0 Å². The molecule has 0 bridgehead atoms. The first-order valence-electron chi connectivity index (χ1n) is 10.4. The van der Waals surface area contributed by atoms with Gasteiger partial charge in [0.2, 0.25) is 0 Å². The molecule has 0 atom stereocenters. The molecule has 0 N–H and O–H groups in total. The first-order valence-corrected chi connectivity index (χ1v) is 11.3. The summed E-state index contributed by atoms with van der Waals surface area (Å²) in [6.45, 7) is 2.34. The molecular weight excluding hydrogens is 436 g/mol. The van der Waals surface area contributed by atoms with Crippen molar-refractivity contribution in [2.24, 2.45) is 0 Å². The number of carbonyl (C=O) groups is 1. The van der Waals surface area contributed by atoms with E-state index in [0.717, 1.165) is 16.0 Å². The van der Waals surface area contributed by atoms with E-state index in [4.69, 9.17) is 4.74 Å². The van der Waals surface area contributed by atoms with E-state index in [1.54, 1.807) is 23.1 Å². The number of benzene rings is 1. The lowest BCUT2D eigenvalue weighted by Crippen LogP contribution is -2.17. The van der Waals surface area contributed by atoms with Crippen molar-refractivity contribution in [3.63, 3.8) is 0 Å². The standard InChI is InChI=1S/C25H20N4O3S/c1-17-9-10-22-26-19(12-23(30)29(22)13-17)16-32-25(31)20-15-28(14-18-6-3-2-4-7-18)27-24(20)21-8-5-11-33-21/h2-13,15H,14,16H2,1H3. The van der Waals surface area contributed by atoms with Crippen molar-refractivity contribution in [1.82, 2.24) is 19.2 Å². The maximum absolute atomic E-state index is 13.0. The SMILES string of the molecule is Cc1ccc2nc(COC(=O)c3cn(Cc4ccccc4)nc3-c3cccs3)cc(=O)n2c1. The molecule has 0 saturated heterocycles. The van der Waals surface area contributed by atoms with Crippen molar-refractivity contribution >= 4 is 23.0 Å². The Morgan fingerprint density at radius 2 is 1.91 bits per heavy atom. The van der Waals surface area contributed by atoms with Gasteiger partial charge in [0.25, 0.3) is 5.56 Å². The van der Waals surface area contributed by atoms with Crippen LogP contribution in [0.2, 0.25) is 0 Å².